The highest BCUT2D eigenvalue weighted by Gasteiger charge is 2.18. The Balaban J connectivity index is 0.843. The van der Waals surface area contributed by atoms with E-state index in [0.29, 0.717) is 0 Å². The maximum Gasteiger partial charge on any atom is 0.0467 e. The molecule has 0 N–H and O–H groups in total. The molecule has 0 radical (unpaired) electrons. The molecule has 0 unspecified atom stereocenters. The molecule has 1 aromatic heterocycles. The van der Waals surface area contributed by atoms with E-state index in [1.54, 1.807) is 0 Å². The van der Waals surface area contributed by atoms with Gasteiger partial charge in [0.1, 0.15) is 0 Å². The van der Waals surface area contributed by atoms with Crippen molar-refractivity contribution in [2.75, 3.05) is 4.90 Å². The van der Waals surface area contributed by atoms with E-state index in [4.69, 9.17) is 0 Å². The first kappa shape index (κ1) is 44.3. The van der Waals surface area contributed by atoms with Gasteiger partial charge in [0.15, 0.2) is 0 Å². The Morgan fingerprint density at radius 3 is 1.38 bits per heavy atom. The lowest BCUT2D eigenvalue weighted by molar-refractivity contribution is 1.28. The van der Waals surface area contributed by atoms with Gasteiger partial charge in [-0.15, -0.1) is 11.3 Å². The predicted molar refractivity (Wildman–Crippen MR) is 317 cm³/mol. The van der Waals surface area contributed by atoms with Crippen molar-refractivity contribution in [3.05, 3.63) is 284 Å². The van der Waals surface area contributed by atoms with E-state index in [1.165, 1.54) is 109 Å². The summed E-state index contributed by atoms with van der Waals surface area (Å²) in [5.41, 5.74) is 20.2. The number of nitrogens with zero attached hydrogens (tertiary/aromatic N) is 1. The molecule has 1 nitrogen and oxygen atoms in total. The van der Waals surface area contributed by atoms with Crippen LogP contribution in [0.4, 0.5) is 17.1 Å². The first-order valence-corrected chi connectivity index (χ1v) is 26.3. The third-order valence-corrected chi connectivity index (χ3v) is 15.9. The van der Waals surface area contributed by atoms with Gasteiger partial charge in [-0.1, -0.05) is 234 Å². The molecule has 13 rings (SSSR count). The summed E-state index contributed by atoms with van der Waals surface area (Å²) >= 11 is 5.44. The highest BCUT2D eigenvalue weighted by molar-refractivity contribution is 9.10. The van der Waals surface area contributed by atoms with Gasteiger partial charge in [0, 0.05) is 41.7 Å². The molecule has 344 valence electrons. The summed E-state index contributed by atoms with van der Waals surface area (Å²) in [6, 6.07) is 102. The van der Waals surface area contributed by atoms with Gasteiger partial charge in [-0.3, -0.25) is 0 Å². The van der Waals surface area contributed by atoms with Crippen molar-refractivity contribution >= 4 is 75.3 Å². The van der Waals surface area contributed by atoms with Gasteiger partial charge in [-0.05, 0) is 149 Å². The summed E-state index contributed by atoms with van der Waals surface area (Å²) in [4.78, 5) is 2.39. The van der Waals surface area contributed by atoms with Crippen LogP contribution in [0.2, 0.25) is 0 Å². The Bertz CT molecular complexity index is 4100. The SMILES string of the molecule is Brc1ccc(-c2ccc(-c3cccc(-c4ccc5c(c4)sc4c(-c6cccc(N(c7ccc(-c8ccc(-c9ccccc9)cc8)cc7)c7ccc(-c8cccc9ccccc89)cc7)c6)cccc45)c3)cc2)cc1. The summed E-state index contributed by atoms with van der Waals surface area (Å²) in [6.45, 7) is 0. The van der Waals surface area contributed by atoms with Gasteiger partial charge in [-0.25, -0.2) is 0 Å². The molecule has 0 atom stereocenters. The molecule has 0 fully saturated rings. The summed E-state index contributed by atoms with van der Waals surface area (Å²) in [5.74, 6) is 0. The number of thiophene rings is 1. The van der Waals surface area contributed by atoms with E-state index in [9.17, 15) is 0 Å². The summed E-state index contributed by atoms with van der Waals surface area (Å²) in [7, 11) is 0. The van der Waals surface area contributed by atoms with Gasteiger partial charge < -0.3 is 4.90 Å². The molecule has 0 spiro atoms. The molecule has 3 heteroatoms. The minimum atomic E-state index is 1.09. The average Bonchev–Trinajstić information content (AvgIpc) is 3.85. The highest BCUT2D eigenvalue weighted by atomic mass is 79.9. The third kappa shape index (κ3) is 8.74. The Labute approximate surface area is 438 Å². The van der Waals surface area contributed by atoms with Crippen molar-refractivity contribution < 1.29 is 0 Å². The molecule has 0 aliphatic carbocycles. The van der Waals surface area contributed by atoms with E-state index in [1.807, 2.05) is 11.3 Å². The zero-order valence-electron chi connectivity index (χ0n) is 39.8. The van der Waals surface area contributed by atoms with Crippen LogP contribution in [-0.4, -0.2) is 0 Å². The topological polar surface area (TPSA) is 3.24 Å². The molecule has 73 heavy (non-hydrogen) atoms. The van der Waals surface area contributed by atoms with Crippen LogP contribution < -0.4 is 4.90 Å². The van der Waals surface area contributed by atoms with Gasteiger partial charge in [0.2, 0.25) is 0 Å². The number of rotatable bonds is 10. The summed E-state index contributed by atoms with van der Waals surface area (Å²) in [5, 5.41) is 5.06. The van der Waals surface area contributed by atoms with Gasteiger partial charge in [-0.2, -0.15) is 0 Å². The highest BCUT2D eigenvalue weighted by Crippen LogP contribution is 2.44. The lowest BCUT2D eigenvalue weighted by Gasteiger charge is -2.26. The largest absolute Gasteiger partial charge is 0.310 e. The average molecular weight is 1010 g/mol. The van der Waals surface area contributed by atoms with E-state index in [-0.39, 0.29) is 0 Å². The quantitative estimate of drug-likeness (QED) is 0.132. The van der Waals surface area contributed by atoms with Crippen LogP contribution in [0.3, 0.4) is 0 Å². The molecule has 0 aliphatic rings. The number of halogens is 1. The molecule has 0 saturated heterocycles. The number of fused-ring (bicyclic) bond motifs is 4. The lowest BCUT2D eigenvalue weighted by Crippen LogP contribution is -2.10. The van der Waals surface area contributed by atoms with Crippen molar-refractivity contribution in [1.82, 2.24) is 0 Å². The zero-order valence-corrected chi connectivity index (χ0v) is 42.2. The number of hydrogen-bond acceptors (Lipinski definition) is 2. The van der Waals surface area contributed by atoms with Crippen molar-refractivity contribution in [3.8, 4) is 77.9 Å². The number of benzene rings is 12. The monoisotopic (exact) mass is 1010 g/mol. The van der Waals surface area contributed by atoms with Gasteiger partial charge in [0.25, 0.3) is 0 Å². The Hall–Kier alpha value is -8.60. The van der Waals surface area contributed by atoms with Crippen LogP contribution in [0.15, 0.2) is 284 Å². The fraction of sp³-hybridized carbons (Fsp3) is 0. The zero-order chi connectivity index (χ0) is 48.7. The molecule has 12 aromatic carbocycles. The van der Waals surface area contributed by atoms with Crippen molar-refractivity contribution in [3.63, 3.8) is 0 Å². The number of anilines is 3. The van der Waals surface area contributed by atoms with Crippen LogP contribution in [0.25, 0.3) is 109 Å². The van der Waals surface area contributed by atoms with Crippen LogP contribution in [0, 0.1) is 0 Å². The second-order valence-electron chi connectivity index (χ2n) is 18.6. The molecular weight excluding hydrogens is 967 g/mol. The second-order valence-corrected chi connectivity index (χ2v) is 20.6. The van der Waals surface area contributed by atoms with E-state index in [2.05, 4.69) is 300 Å². The molecule has 0 aliphatic heterocycles. The smallest absolute Gasteiger partial charge is 0.0467 e. The van der Waals surface area contributed by atoms with Crippen LogP contribution >= 0.6 is 27.3 Å². The Morgan fingerprint density at radius 1 is 0.260 bits per heavy atom. The van der Waals surface area contributed by atoms with Crippen LogP contribution in [-0.2, 0) is 0 Å². The minimum absolute atomic E-state index is 1.09. The Kier molecular flexibility index (Phi) is 11.7. The first-order valence-electron chi connectivity index (χ1n) is 24.7. The molecule has 1 heterocycles. The van der Waals surface area contributed by atoms with Crippen molar-refractivity contribution in [2.45, 2.75) is 0 Å². The lowest BCUT2D eigenvalue weighted by atomic mass is 9.96. The summed E-state index contributed by atoms with van der Waals surface area (Å²) in [6.07, 6.45) is 0. The normalized spacial score (nSPS) is 11.4. The molecule has 0 bridgehead atoms. The molecule has 13 aromatic rings. The first-order chi connectivity index (χ1) is 36.1. The Morgan fingerprint density at radius 2 is 0.699 bits per heavy atom. The number of hydrogen-bond donors (Lipinski definition) is 0. The fourth-order valence-corrected chi connectivity index (χ4v) is 11.9. The van der Waals surface area contributed by atoms with E-state index >= 15 is 0 Å². The van der Waals surface area contributed by atoms with E-state index < -0.39 is 0 Å². The third-order valence-electron chi connectivity index (χ3n) is 14.2. The van der Waals surface area contributed by atoms with E-state index in [0.717, 1.165) is 21.5 Å². The maximum absolute atomic E-state index is 3.56. The van der Waals surface area contributed by atoms with Crippen molar-refractivity contribution in [2.24, 2.45) is 0 Å². The standard InChI is InChI=1S/C70H46BrNS/c71-60-37-30-51(31-38-60)49-26-28-53(29-27-49)56-14-6-15-57(44-56)58-36-43-67-68-21-9-20-66(70(68)73-69(67)46-58)59-16-7-17-63(45-59)72(62-41-34-55(35-42-62)65-19-8-13-54-12-4-5-18-64(54)65)61-39-32-52(33-40-61)50-24-22-48(23-25-50)47-10-2-1-3-11-47/h1-46H. The van der Waals surface area contributed by atoms with Gasteiger partial charge in [0.05, 0.1) is 0 Å². The maximum atomic E-state index is 3.56. The molecule has 0 saturated carbocycles. The second kappa shape index (κ2) is 19.2. The minimum Gasteiger partial charge on any atom is -0.310 e. The predicted octanol–water partition coefficient (Wildman–Crippen LogP) is 21.1. The van der Waals surface area contributed by atoms with Gasteiger partial charge >= 0.3 is 0 Å². The summed E-state index contributed by atoms with van der Waals surface area (Å²) < 4.78 is 3.66. The van der Waals surface area contributed by atoms with Crippen LogP contribution in [0.5, 0.6) is 0 Å². The molecular formula is C70H46BrNS. The fourth-order valence-electron chi connectivity index (χ4n) is 10.4. The molecule has 0 amide bonds. The van der Waals surface area contributed by atoms with Crippen LogP contribution in [0.1, 0.15) is 0 Å². The van der Waals surface area contributed by atoms with Crippen molar-refractivity contribution in [1.29, 1.82) is 0 Å².